The molecule has 0 saturated heterocycles. The highest BCUT2D eigenvalue weighted by atomic mass is 79.9. The molecular formula is C16H10BrClN2O. The van der Waals surface area contributed by atoms with Crippen molar-refractivity contribution < 1.29 is 4.42 Å². The monoisotopic (exact) mass is 360 g/mol. The van der Waals surface area contributed by atoms with Gasteiger partial charge in [-0.25, -0.2) is 0 Å². The summed E-state index contributed by atoms with van der Waals surface area (Å²) in [5.74, 6) is 0. The van der Waals surface area contributed by atoms with Crippen LogP contribution in [0.1, 0.15) is 11.1 Å². The summed E-state index contributed by atoms with van der Waals surface area (Å²) in [5.41, 5.74) is 2.99. The van der Waals surface area contributed by atoms with E-state index in [2.05, 4.69) is 27.3 Å². The lowest BCUT2D eigenvalue weighted by Crippen LogP contribution is -2.01. The second-order valence-electron chi connectivity index (χ2n) is 4.51. The Hall–Kier alpha value is -1.96. The van der Waals surface area contributed by atoms with Gasteiger partial charge in [-0.2, -0.15) is 5.26 Å². The number of anilines is 1. The number of nitriles is 1. The third kappa shape index (κ3) is 2.76. The molecule has 2 aromatic carbocycles. The number of rotatable bonds is 3. The number of fused-ring (bicyclic) bond motifs is 1. The fraction of sp³-hybridized carbons (Fsp3) is 0.0625. The predicted octanol–water partition coefficient (Wildman–Crippen LogP) is 5.33. The molecule has 5 heteroatoms. The minimum atomic E-state index is 0.372. The lowest BCUT2D eigenvalue weighted by molar-refractivity contribution is 0.613. The average molecular weight is 362 g/mol. The normalized spacial score (nSPS) is 10.5. The van der Waals surface area contributed by atoms with Crippen molar-refractivity contribution in [2.45, 2.75) is 6.54 Å². The van der Waals surface area contributed by atoms with Crippen LogP contribution in [0.3, 0.4) is 0 Å². The largest absolute Gasteiger partial charge is 0.444 e. The van der Waals surface area contributed by atoms with E-state index in [4.69, 9.17) is 21.3 Å². The van der Waals surface area contributed by atoms with Crippen molar-refractivity contribution in [1.82, 2.24) is 0 Å². The van der Waals surface area contributed by atoms with Crippen molar-refractivity contribution in [3.63, 3.8) is 0 Å². The van der Waals surface area contributed by atoms with Crippen LogP contribution in [0.2, 0.25) is 5.22 Å². The lowest BCUT2D eigenvalue weighted by Gasteiger charge is -2.08. The number of hydrogen-bond acceptors (Lipinski definition) is 3. The molecule has 21 heavy (non-hydrogen) atoms. The lowest BCUT2D eigenvalue weighted by atomic mass is 10.1. The zero-order valence-corrected chi connectivity index (χ0v) is 13.2. The van der Waals surface area contributed by atoms with Crippen LogP contribution in [0.15, 0.2) is 51.4 Å². The summed E-state index contributed by atoms with van der Waals surface area (Å²) in [7, 11) is 0. The first kappa shape index (κ1) is 14.0. The molecule has 104 valence electrons. The van der Waals surface area contributed by atoms with E-state index in [0.717, 1.165) is 26.7 Å². The Morgan fingerprint density at radius 2 is 2.05 bits per heavy atom. The first-order chi connectivity index (χ1) is 10.2. The second-order valence-corrected chi connectivity index (χ2v) is 5.76. The fourth-order valence-corrected chi connectivity index (χ4v) is 2.79. The first-order valence-corrected chi connectivity index (χ1v) is 7.45. The number of furan rings is 1. The minimum absolute atomic E-state index is 0.372. The zero-order chi connectivity index (χ0) is 14.8. The highest BCUT2D eigenvalue weighted by molar-refractivity contribution is 9.10. The maximum atomic E-state index is 9.14. The third-order valence-corrected chi connectivity index (χ3v) is 4.01. The van der Waals surface area contributed by atoms with E-state index < -0.39 is 0 Å². The highest BCUT2D eigenvalue weighted by Gasteiger charge is 2.12. The Kier molecular flexibility index (Phi) is 3.87. The number of benzene rings is 2. The van der Waals surface area contributed by atoms with E-state index in [9.17, 15) is 0 Å². The van der Waals surface area contributed by atoms with Gasteiger partial charge < -0.3 is 9.73 Å². The summed E-state index contributed by atoms with van der Waals surface area (Å²) >= 11 is 9.56. The standard InChI is InChI=1S/C16H10BrClN2O/c17-11-6-5-10(8-19)14(7-11)20-9-13-12-3-1-2-4-15(12)21-16(13)18/h1-7,20H,9H2. The van der Waals surface area contributed by atoms with Gasteiger partial charge in [0.05, 0.1) is 11.3 Å². The predicted molar refractivity (Wildman–Crippen MR) is 87.4 cm³/mol. The molecule has 0 aliphatic carbocycles. The topological polar surface area (TPSA) is 49.0 Å². The summed E-state index contributed by atoms with van der Waals surface area (Å²) < 4.78 is 6.43. The zero-order valence-electron chi connectivity index (χ0n) is 10.9. The molecule has 1 heterocycles. The molecule has 0 aliphatic rings. The van der Waals surface area contributed by atoms with Crippen LogP contribution in [-0.2, 0) is 6.54 Å². The van der Waals surface area contributed by atoms with E-state index >= 15 is 0 Å². The second kappa shape index (κ2) is 5.80. The Bertz CT molecular complexity index is 851. The molecule has 3 aromatic rings. The quantitative estimate of drug-likeness (QED) is 0.685. The number of hydrogen-bond donors (Lipinski definition) is 1. The van der Waals surface area contributed by atoms with Gasteiger partial charge in [0.1, 0.15) is 11.7 Å². The van der Waals surface area contributed by atoms with Crippen molar-refractivity contribution in [3.8, 4) is 6.07 Å². The fourth-order valence-electron chi connectivity index (χ4n) is 2.18. The van der Waals surface area contributed by atoms with Crippen molar-refractivity contribution in [2.75, 3.05) is 5.32 Å². The molecule has 0 spiro atoms. The summed E-state index contributed by atoms with van der Waals surface area (Å²) in [4.78, 5) is 0. The Labute approximate surface area is 135 Å². The Morgan fingerprint density at radius 1 is 1.24 bits per heavy atom. The summed E-state index contributed by atoms with van der Waals surface area (Å²) in [5, 5.41) is 13.7. The molecule has 3 rings (SSSR count). The van der Waals surface area contributed by atoms with Gasteiger partial charge in [-0.15, -0.1) is 0 Å². The first-order valence-electron chi connectivity index (χ1n) is 6.28. The van der Waals surface area contributed by atoms with Gasteiger partial charge in [0.15, 0.2) is 5.22 Å². The Balaban J connectivity index is 1.92. The smallest absolute Gasteiger partial charge is 0.199 e. The third-order valence-electron chi connectivity index (χ3n) is 3.21. The van der Waals surface area contributed by atoms with Gasteiger partial charge in [-0.3, -0.25) is 0 Å². The van der Waals surface area contributed by atoms with Crippen LogP contribution >= 0.6 is 27.5 Å². The molecule has 0 bridgehead atoms. The SMILES string of the molecule is N#Cc1ccc(Br)cc1NCc1c(Cl)oc2ccccc12. The van der Waals surface area contributed by atoms with Crippen molar-refractivity contribution in [2.24, 2.45) is 0 Å². The molecule has 0 radical (unpaired) electrons. The molecule has 0 saturated carbocycles. The number of nitrogens with one attached hydrogen (secondary N) is 1. The van der Waals surface area contributed by atoms with Crippen LogP contribution in [0.4, 0.5) is 5.69 Å². The molecular weight excluding hydrogens is 352 g/mol. The van der Waals surface area contributed by atoms with E-state index in [0.29, 0.717) is 17.3 Å². The number of para-hydroxylation sites is 1. The van der Waals surface area contributed by atoms with Crippen molar-refractivity contribution >= 4 is 44.2 Å². The highest BCUT2D eigenvalue weighted by Crippen LogP contribution is 2.30. The Morgan fingerprint density at radius 3 is 2.86 bits per heavy atom. The van der Waals surface area contributed by atoms with Crippen LogP contribution in [0.25, 0.3) is 11.0 Å². The maximum absolute atomic E-state index is 9.14. The summed E-state index contributed by atoms with van der Waals surface area (Å²) in [6.07, 6.45) is 0. The van der Waals surface area contributed by atoms with E-state index in [1.165, 1.54) is 0 Å². The molecule has 0 aliphatic heterocycles. The molecule has 0 amide bonds. The van der Waals surface area contributed by atoms with Crippen molar-refractivity contribution in [1.29, 1.82) is 5.26 Å². The van der Waals surface area contributed by atoms with Gasteiger partial charge >= 0.3 is 0 Å². The van der Waals surface area contributed by atoms with Gasteiger partial charge in [-0.05, 0) is 35.9 Å². The van der Waals surface area contributed by atoms with Crippen LogP contribution < -0.4 is 5.32 Å². The van der Waals surface area contributed by atoms with Gasteiger partial charge in [-0.1, -0.05) is 34.1 Å². The summed E-state index contributed by atoms with van der Waals surface area (Å²) in [6.45, 7) is 0.487. The van der Waals surface area contributed by atoms with Gasteiger partial charge in [0, 0.05) is 22.0 Å². The molecule has 3 nitrogen and oxygen atoms in total. The summed E-state index contributed by atoms with van der Waals surface area (Å²) in [6, 6.07) is 15.3. The van der Waals surface area contributed by atoms with E-state index in [-0.39, 0.29) is 0 Å². The molecule has 0 atom stereocenters. The molecule has 1 aromatic heterocycles. The molecule has 1 N–H and O–H groups in total. The molecule has 0 unspecified atom stereocenters. The van der Waals surface area contributed by atoms with Crippen molar-refractivity contribution in [3.05, 3.63) is 63.3 Å². The number of halogens is 2. The maximum Gasteiger partial charge on any atom is 0.199 e. The van der Waals surface area contributed by atoms with E-state index in [1.807, 2.05) is 36.4 Å². The average Bonchev–Trinajstić information content (AvgIpc) is 2.81. The van der Waals surface area contributed by atoms with Gasteiger partial charge in [0.25, 0.3) is 0 Å². The van der Waals surface area contributed by atoms with Crippen LogP contribution in [-0.4, -0.2) is 0 Å². The van der Waals surface area contributed by atoms with Crippen LogP contribution in [0.5, 0.6) is 0 Å². The van der Waals surface area contributed by atoms with Crippen LogP contribution in [0, 0.1) is 11.3 Å². The minimum Gasteiger partial charge on any atom is -0.444 e. The van der Waals surface area contributed by atoms with E-state index in [1.54, 1.807) is 6.07 Å². The number of nitrogens with zero attached hydrogens (tertiary/aromatic N) is 1. The molecule has 0 fully saturated rings. The van der Waals surface area contributed by atoms with Gasteiger partial charge in [0.2, 0.25) is 0 Å².